The molecule has 0 saturated heterocycles. The summed E-state index contributed by atoms with van der Waals surface area (Å²) < 4.78 is 60.7. The highest BCUT2D eigenvalue weighted by molar-refractivity contribution is 5.78. The molecule has 10 heteroatoms. The van der Waals surface area contributed by atoms with Gasteiger partial charge in [0.15, 0.2) is 17.1 Å². The van der Waals surface area contributed by atoms with Crippen LogP contribution in [0, 0.1) is 11.6 Å². The SMILES string of the molecule is CC(C)(F)COc1cc(F)c2c(c1)[C@]1(COC(N)=N1)c1cc(-c3cncnc3)c(F)cc1O2. The molecule has 0 saturated carbocycles. The Balaban J connectivity index is 1.69. The lowest BCUT2D eigenvalue weighted by molar-refractivity contribution is 0.120. The van der Waals surface area contributed by atoms with Crippen molar-refractivity contribution in [3.8, 4) is 28.4 Å². The van der Waals surface area contributed by atoms with Gasteiger partial charge in [0.2, 0.25) is 0 Å². The molecule has 170 valence electrons. The summed E-state index contributed by atoms with van der Waals surface area (Å²) in [5.41, 5.74) is 4.21. The Bertz CT molecular complexity index is 1280. The summed E-state index contributed by atoms with van der Waals surface area (Å²) in [6.45, 7) is 2.33. The molecular formula is C23H19F3N4O3. The van der Waals surface area contributed by atoms with Crippen LogP contribution in [0.1, 0.15) is 25.0 Å². The van der Waals surface area contributed by atoms with E-state index < -0.39 is 22.8 Å². The maximum absolute atomic E-state index is 15.1. The van der Waals surface area contributed by atoms with Crippen LogP contribution in [0.4, 0.5) is 13.2 Å². The molecule has 2 aromatic carbocycles. The predicted molar refractivity (Wildman–Crippen MR) is 113 cm³/mol. The van der Waals surface area contributed by atoms with E-state index in [0.717, 1.165) is 12.1 Å². The molecule has 0 radical (unpaired) electrons. The molecule has 0 unspecified atom stereocenters. The summed E-state index contributed by atoms with van der Waals surface area (Å²) in [5.74, 6) is -1.39. The lowest BCUT2D eigenvalue weighted by Gasteiger charge is -2.34. The maximum Gasteiger partial charge on any atom is 0.283 e. The van der Waals surface area contributed by atoms with Crippen LogP contribution >= 0.6 is 0 Å². The third-order valence-electron chi connectivity index (χ3n) is 5.37. The Morgan fingerprint density at radius 3 is 2.52 bits per heavy atom. The largest absolute Gasteiger partial charge is 0.490 e. The molecule has 5 rings (SSSR count). The van der Waals surface area contributed by atoms with Crippen LogP contribution in [-0.2, 0) is 10.3 Å². The minimum absolute atomic E-state index is 0.0695. The predicted octanol–water partition coefficient (Wildman–Crippen LogP) is 4.24. The molecule has 0 bridgehead atoms. The molecule has 33 heavy (non-hydrogen) atoms. The zero-order chi connectivity index (χ0) is 23.4. The average Bonchev–Trinajstić information content (AvgIpc) is 3.15. The van der Waals surface area contributed by atoms with Crippen LogP contribution in [0.5, 0.6) is 17.2 Å². The summed E-state index contributed by atoms with van der Waals surface area (Å²) in [5, 5.41) is 0. The van der Waals surface area contributed by atoms with Gasteiger partial charge in [-0.05, 0) is 26.0 Å². The van der Waals surface area contributed by atoms with Crippen molar-refractivity contribution in [2.24, 2.45) is 10.7 Å². The standard InChI is InChI=1S/C23H19F3N4O3/c1-22(2,26)9-31-13-3-16-20(18(25)4-13)33-19-6-17(24)14(12-7-28-11-29-8-12)5-15(19)23(16)10-32-21(27)30-23/h3-8,11H,9-10H2,1-2H3,(H2,27,30)/t23-/m0/s1. The van der Waals surface area contributed by atoms with Crippen molar-refractivity contribution in [1.82, 2.24) is 9.97 Å². The molecule has 0 amide bonds. The van der Waals surface area contributed by atoms with Gasteiger partial charge in [-0.1, -0.05) is 0 Å². The van der Waals surface area contributed by atoms with Crippen LogP contribution in [0.25, 0.3) is 11.1 Å². The number of aromatic nitrogens is 2. The second-order valence-electron chi connectivity index (χ2n) is 8.45. The molecule has 0 aliphatic carbocycles. The van der Waals surface area contributed by atoms with E-state index in [1.807, 2.05) is 0 Å². The first-order chi connectivity index (χ1) is 15.7. The van der Waals surface area contributed by atoms with Gasteiger partial charge in [0.25, 0.3) is 6.02 Å². The van der Waals surface area contributed by atoms with E-state index >= 15 is 4.39 Å². The smallest absolute Gasteiger partial charge is 0.283 e. The van der Waals surface area contributed by atoms with Crippen LogP contribution in [0.2, 0.25) is 0 Å². The number of nitrogens with two attached hydrogens (primary N) is 1. The lowest BCUT2D eigenvalue weighted by Crippen LogP contribution is -2.32. The Labute approximate surface area is 187 Å². The van der Waals surface area contributed by atoms with Gasteiger partial charge in [-0.15, -0.1) is 0 Å². The highest BCUT2D eigenvalue weighted by Crippen LogP contribution is 2.53. The van der Waals surface area contributed by atoms with Crippen molar-refractivity contribution in [3.63, 3.8) is 0 Å². The third kappa shape index (κ3) is 3.61. The number of nitrogens with zero attached hydrogens (tertiary/aromatic N) is 3. The van der Waals surface area contributed by atoms with Crippen LogP contribution in [0.15, 0.2) is 48.0 Å². The van der Waals surface area contributed by atoms with E-state index in [2.05, 4.69) is 15.0 Å². The van der Waals surface area contributed by atoms with E-state index in [1.54, 1.807) is 0 Å². The van der Waals surface area contributed by atoms with Crippen molar-refractivity contribution in [2.45, 2.75) is 25.1 Å². The number of amidine groups is 1. The molecule has 7 nitrogen and oxygen atoms in total. The zero-order valence-electron chi connectivity index (χ0n) is 17.7. The first-order valence-electron chi connectivity index (χ1n) is 10.1. The highest BCUT2D eigenvalue weighted by atomic mass is 19.1. The third-order valence-corrected chi connectivity index (χ3v) is 5.37. The number of fused-ring (bicyclic) bond motifs is 4. The van der Waals surface area contributed by atoms with E-state index in [-0.39, 0.29) is 47.6 Å². The Kier molecular flexibility index (Phi) is 4.70. The monoisotopic (exact) mass is 456 g/mol. The Hall–Kier alpha value is -3.82. The minimum Gasteiger partial charge on any atom is -0.490 e. The molecule has 1 atom stereocenters. The zero-order valence-corrected chi connectivity index (χ0v) is 17.7. The van der Waals surface area contributed by atoms with E-state index in [1.165, 1.54) is 44.7 Å². The summed E-state index contributed by atoms with van der Waals surface area (Å²) in [6.07, 6.45) is 4.27. The highest BCUT2D eigenvalue weighted by Gasteiger charge is 2.48. The number of rotatable bonds is 4. The normalized spacial score (nSPS) is 18.8. The molecule has 2 aliphatic heterocycles. The molecule has 3 heterocycles. The number of halogens is 3. The average molecular weight is 456 g/mol. The van der Waals surface area contributed by atoms with Gasteiger partial charge in [-0.2, -0.15) is 0 Å². The fourth-order valence-corrected chi connectivity index (χ4v) is 3.90. The van der Waals surface area contributed by atoms with E-state index in [4.69, 9.17) is 19.9 Å². The number of ether oxygens (including phenoxy) is 3. The summed E-state index contributed by atoms with van der Waals surface area (Å²) >= 11 is 0. The molecule has 2 N–H and O–H groups in total. The number of aliphatic imine (C=N–C) groups is 1. The van der Waals surface area contributed by atoms with Crippen LogP contribution < -0.4 is 15.2 Å². The van der Waals surface area contributed by atoms with E-state index in [9.17, 15) is 8.78 Å². The van der Waals surface area contributed by atoms with Gasteiger partial charge in [0, 0.05) is 46.8 Å². The van der Waals surface area contributed by atoms with Crippen molar-refractivity contribution < 1.29 is 27.4 Å². The van der Waals surface area contributed by atoms with Gasteiger partial charge in [0.1, 0.15) is 42.5 Å². The second-order valence-corrected chi connectivity index (χ2v) is 8.45. The Morgan fingerprint density at radius 1 is 1.09 bits per heavy atom. The van der Waals surface area contributed by atoms with Crippen molar-refractivity contribution in [1.29, 1.82) is 0 Å². The number of hydrogen-bond donors (Lipinski definition) is 1. The van der Waals surface area contributed by atoms with Crippen LogP contribution in [-0.4, -0.2) is 34.9 Å². The van der Waals surface area contributed by atoms with Crippen molar-refractivity contribution >= 4 is 6.02 Å². The number of hydrogen-bond acceptors (Lipinski definition) is 7. The molecule has 1 spiro atoms. The minimum atomic E-state index is -1.63. The summed E-state index contributed by atoms with van der Waals surface area (Å²) in [6, 6.07) is 5.17. The number of benzene rings is 2. The fourth-order valence-electron chi connectivity index (χ4n) is 3.90. The van der Waals surface area contributed by atoms with Crippen LogP contribution in [0.3, 0.4) is 0 Å². The van der Waals surface area contributed by atoms with Crippen molar-refractivity contribution in [3.05, 3.63) is 65.7 Å². The van der Waals surface area contributed by atoms with Gasteiger partial charge in [-0.25, -0.2) is 28.1 Å². The second kappa shape index (κ2) is 7.36. The fraction of sp³-hybridized carbons (Fsp3) is 0.261. The molecule has 1 aromatic heterocycles. The first-order valence-corrected chi connectivity index (χ1v) is 10.1. The summed E-state index contributed by atoms with van der Waals surface area (Å²) in [7, 11) is 0. The molecule has 0 fully saturated rings. The van der Waals surface area contributed by atoms with E-state index in [0.29, 0.717) is 11.1 Å². The molecule has 3 aromatic rings. The van der Waals surface area contributed by atoms with Gasteiger partial charge in [0.05, 0.1) is 0 Å². The molecule has 2 aliphatic rings. The van der Waals surface area contributed by atoms with Crippen molar-refractivity contribution in [2.75, 3.05) is 13.2 Å². The molecular weight excluding hydrogens is 437 g/mol. The van der Waals surface area contributed by atoms with Gasteiger partial charge >= 0.3 is 0 Å². The van der Waals surface area contributed by atoms with Gasteiger partial charge < -0.3 is 19.9 Å². The van der Waals surface area contributed by atoms with Gasteiger partial charge in [-0.3, -0.25) is 0 Å². The Morgan fingerprint density at radius 2 is 1.85 bits per heavy atom. The maximum atomic E-state index is 15.1. The quantitative estimate of drug-likeness (QED) is 0.631. The first kappa shape index (κ1) is 21.0. The lowest BCUT2D eigenvalue weighted by atomic mass is 9.80. The summed E-state index contributed by atoms with van der Waals surface area (Å²) in [4.78, 5) is 12.3. The topological polar surface area (TPSA) is 91.9 Å². The number of alkyl halides is 1.